The first-order valence-corrected chi connectivity index (χ1v) is 25.9. The Hall–Kier alpha value is -2.36. The Bertz CT molecular complexity index is 1760. The highest BCUT2D eigenvalue weighted by Gasteiger charge is 2.60. The molecule has 0 radical (unpaired) electrons. The fourth-order valence-corrected chi connectivity index (χ4v) is 11.8. The second-order valence-electron chi connectivity index (χ2n) is 21.3. The zero-order chi connectivity index (χ0) is 49.5. The van der Waals surface area contributed by atoms with Crippen molar-refractivity contribution in [1.29, 1.82) is 0 Å². The molecular formula is C52H82O17. The van der Waals surface area contributed by atoms with Crippen LogP contribution in [0.3, 0.4) is 0 Å². The number of carboxylic acids is 1. The van der Waals surface area contributed by atoms with Gasteiger partial charge in [-0.3, -0.25) is 4.79 Å². The highest BCUT2D eigenvalue weighted by molar-refractivity contribution is 5.72. The minimum Gasteiger partial charge on any atom is -0.479 e. The maximum absolute atomic E-state index is 13.9. The van der Waals surface area contributed by atoms with Gasteiger partial charge in [-0.15, -0.1) is 0 Å². The lowest BCUT2D eigenvalue weighted by molar-refractivity contribution is -0.414. The number of ether oxygens (including phenoxy) is 9. The Labute approximate surface area is 407 Å². The van der Waals surface area contributed by atoms with E-state index in [9.17, 15) is 35.1 Å². The fraction of sp³-hybridized carbons (Fsp3) is 0.846. The van der Waals surface area contributed by atoms with E-state index in [-0.39, 0.29) is 68.2 Å². The van der Waals surface area contributed by atoms with Gasteiger partial charge in [0.05, 0.1) is 61.4 Å². The smallest absolute Gasteiger partial charge is 0.332 e. The van der Waals surface area contributed by atoms with Gasteiger partial charge in [0.1, 0.15) is 24.4 Å². The summed E-state index contributed by atoms with van der Waals surface area (Å²) in [5, 5.41) is 64.8. The summed E-state index contributed by atoms with van der Waals surface area (Å²) in [5.74, 6) is -5.63. The van der Waals surface area contributed by atoms with Crippen molar-refractivity contribution in [2.24, 2.45) is 17.8 Å². The van der Waals surface area contributed by atoms with E-state index in [4.69, 9.17) is 47.7 Å². The van der Waals surface area contributed by atoms with Crippen molar-refractivity contribution in [2.75, 3.05) is 14.2 Å². The first kappa shape index (κ1) is 54.4. The molecule has 0 amide bonds. The number of carbonyl (C=O) groups excluding carboxylic acids is 1. The summed E-state index contributed by atoms with van der Waals surface area (Å²) in [6.45, 7) is 5.99. The summed E-state index contributed by atoms with van der Waals surface area (Å²) in [4.78, 5) is 24.9. The molecule has 3 spiro atoms. The maximum Gasteiger partial charge on any atom is 0.332 e. The van der Waals surface area contributed by atoms with E-state index >= 15 is 0 Å². The molecule has 20 atom stereocenters. The topological polar surface area (TPSA) is 239 Å². The van der Waals surface area contributed by atoms with E-state index in [2.05, 4.69) is 6.92 Å². The molecule has 7 rings (SSSR count). The molecule has 6 N–H and O–H groups in total. The van der Waals surface area contributed by atoms with Gasteiger partial charge in [0.25, 0.3) is 0 Å². The molecule has 7 aliphatic rings. The molecule has 9 bridgehead atoms. The average molecular weight is 979 g/mol. The minimum atomic E-state index is -1.46. The third-order valence-corrected chi connectivity index (χ3v) is 16.0. The number of allylic oxidation sites excluding steroid dienone is 2. The molecule has 17 heteroatoms. The van der Waals surface area contributed by atoms with Crippen LogP contribution in [0.5, 0.6) is 0 Å². The van der Waals surface area contributed by atoms with Gasteiger partial charge in [-0.25, -0.2) is 4.79 Å². The number of hydrogen-bond donors (Lipinski definition) is 6. The molecular weight excluding hydrogens is 897 g/mol. The van der Waals surface area contributed by atoms with Crippen molar-refractivity contribution in [3.05, 3.63) is 36.5 Å². The number of aliphatic hydroxyl groups is 5. The predicted octanol–water partition coefficient (Wildman–Crippen LogP) is 5.30. The third kappa shape index (κ3) is 13.8. The Balaban J connectivity index is 1.12. The molecule has 7 heterocycles. The molecule has 6 fully saturated rings. The van der Waals surface area contributed by atoms with Crippen LogP contribution < -0.4 is 0 Å². The van der Waals surface area contributed by atoms with Crippen molar-refractivity contribution >= 4 is 11.9 Å². The Kier molecular flexibility index (Phi) is 19.0. The molecule has 0 aromatic carbocycles. The average Bonchev–Trinajstić information content (AvgIpc) is 3.65. The molecule has 0 aromatic heterocycles. The van der Waals surface area contributed by atoms with Gasteiger partial charge in [-0.2, -0.15) is 0 Å². The fourth-order valence-electron chi connectivity index (χ4n) is 11.8. The summed E-state index contributed by atoms with van der Waals surface area (Å²) >= 11 is 0. The van der Waals surface area contributed by atoms with Crippen LogP contribution in [0.25, 0.3) is 0 Å². The molecule has 0 aliphatic carbocycles. The van der Waals surface area contributed by atoms with E-state index < -0.39 is 96.4 Å². The second-order valence-corrected chi connectivity index (χ2v) is 21.3. The van der Waals surface area contributed by atoms with E-state index in [0.29, 0.717) is 83.5 Å². The molecule has 6 saturated heterocycles. The van der Waals surface area contributed by atoms with E-state index in [1.54, 1.807) is 26.4 Å². The largest absolute Gasteiger partial charge is 0.479 e. The Morgan fingerprint density at radius 1 is 0.797 bits per heavy atom. The van der Waals surface area contributed by atoms with Crippen LogP contribution in [0.2, 0.25) is 0 Å². The first-order chi connectivity index (χ1) is 32.9. The molecule has 20 unspecified atom stereocenters. The number of aliphatic carboxylic acids is 1. The van der Waals surface area contributed by atoms with Crippen molar-refractivity contribution in [2.45, 2.75) is 246 Å². The zero-order valence-corrected chi connectivity index (χ0v) is 41.4. The summed E-state index contributed by atoms with van der Waals surface area (Å²) in [6, 6.07) is 0. The van der Waals surface area contributed by atoms with Crippen molar-refractivity contribution in [3.8, 4) is 0 Å². The van der Waals surface area contributed by atoms with Crippen LogP contribution in [-0.4, -0.2) is 160 Å². The van der Waals surface area contributed by atoms with Gasteiger partial charge in [0, 0.05) is 71.0 Å². The molecule has 0 saturated carbocycles. The normalized spacial score (nSPS) is 45.6. The minimum absolute atomic E-state index is 0.00209. The van der Waals surface area contributed by atoms with Crippen molar-refractivity contribution < 1.29 is 82.9 Å². The Morgan fingerprint density at radius 2 is 1.57 bits per heavy atom. The van der Waals surface area contributed by atoms with Gasteiger partial charge in [-0.05, 0) is 82.6 Å². The molecule has 392 valence electrons. The van der Waals surface area contributed by atoms with Crippen LogP contribution in [0.1, 0.15) is 143 Å². The number of methoxy groups -OCH3 is 2. The van der Waals surface area contributed by atoms with Crippen molar-refractivity contribution in [1.82, 2.24) is 0 Å². The summed E-state index contributed by atoms with van der Waals surface area (Å²) in [6.07, 6.45) is 9.56. The summed E-state index contributed by atoms with van der Waals surface area (Å²) in [5.41, 5.74) is 0. The van der Waals surface area contributed by atoms with Gasteiger partial charge in [0.2, 0.25) is 0 Å². The van der Waals surface area contributed by atoms with Gasteiger partial charge in [0.15, 0.2) is 23.5 Å². The predicted molar refractivity (Wildman–Crippen MR) is 249 cm³/mol. The lowest BCUT2D eigenvalue weighted by Crippen LogP contribution is -2.59. The van der Waals surface area contributed by atoms with Crippen LogP contribution in [0.4, 0.5) is 0 Å². The lowest BCUT2D eigenvalue weighted by Gasteiger charge is -2.53. The third-order valence-electron chi connectivity index (χ3n) is 16.0. The Morgan fingerprint density at radius 3 is 2.33 bits per heavy atom. The monoisotopic (exact) mass is 979 g/mol. The zero-order valence-electron chi connectivity index (χ0n) is 41.4. The number of hydrogen-bond acceptors (Lipinski definition) is 16. The summed E-state index contributed by atoms with van der Waals surface area (Å²) < 4.78 is 58.9. The van der Waals surface area contributed by atoms with Crippen LogP contribution in [0.15, 0.2) is 36.5 Å². The first-order valence-electron chi connectivity index (χ1n) is 25.9. The standard InChI is InChI=1S/C52H82O17/c1-31-18-21-50-23-20-42(62-5)48(68-50)47(58)46(57)32(2)16-17-38-27-39(61-4)29-51(65-38)22-19-33(3)52(69-51)30-44(41(67-52)15-10-8-6-7-9-14-40(55)49(59)60)64-45(56)28-37-13-11-12-36(63-37)25-34(53)24-35(54)26-43(31)66-50/h7-10,18,21,31-44,46-48,53-55,57-58H,6,11-17,19-20,22-30H2,1-5H3,(H,59,60). The quantitative estimate of drug-likeness (QED) is 0.127. The van der Waals surface area contributed by atoms with E-state index in [1.807, 2.05) is 38.2 Å². The van der Waals surface area contributed by atoms with Gasteiger partial charge >= 0.3 is 11.9 Å². The number of rotatable bonds is 9. The number of aliphatic hydroxyl groups excluding tert-OH is 5. The highest BCUT2D eigenvalue weighted by Crippen LogP contribution is 2.53. The van der Waals surface area contributed by atoms with Gasteiger partial charge in [-0.1, -0.05) is 51.2 Å². The number of carboxylic acid groups (broad SMARTS) is 1. The van der Waals surface area contributed by atoms with Crippen molar-refractivity contribution in [3.63, 3.8) is 0 Å². The highest BCUT2D eigenvalue weighted by atomic mass is 16.8. The summed E-state index contributed by atoms with van der Waals surface area (Å²) in [7, 11) is 3.25. The second kappa shape index (κ2) is 24.1. The maximum atomic E-state index is 13.9. The molecule has 69 heavy (non-hydrogen) atoms. The number of esters is 1. The molecule has 0 aromatic rings. The van der Waals surface area contributed by atoms with Crippen LogP contribution in [0, 0.1) is 17.8 Å². The lowest BCUT2D eigenvalue weighted by atomic mass is 9.82. The van der Waals surface area contributed by atoms with E-state index in [1.165, 1.54) is 0 Å². The number of fused-ring (bicyclic) bond motifs is 6. The number of carbonyl (C=O) groups is 2. The van der Waals surface area contributed by atoms with E-state index in [0.717, 1.165) is 6.42 Å². The molecule has 7 aliphatic heterocycles. The molecule has 17 nitrogen and oxygen atoms in total. The SMILES string of the molecule is COC1CC2CCC(C)C(O)C(O)C3OC4(C=CC(C)C(CC(O)CC(O)CC5CCCC(CC(=O)OC6CC7(OC6CC=CCC=CCC(O)C(=O)O)OC(CCC7C)(C1)O2)O5)O4)CCC3OC. The van der Waals surface area contributed by atoms with Crippen LogP contribution in [-0.2, 0) is 52.2 Å². The van der Waals surface area contributed by atoms with Gasteiger partial charge < -0.3 is 73.3 Å². The van der Waals surface area contributed by atoms with Crippen LogP contribution >= 0.6 is 0 Å².